The van der Waals surface area contributed by atoms with Crippen LogP contribution in [0.2, 0.25) is 0 Å². The minimum atomic E-state index is -3.52. The number of hydrogen-bond acceptors (Lipinski definition) is 5. The lowest BCUT2D eigenvalue weighted by Gasteiger charge is -2.07. The molecule has 1 aliphatic rings. The van der Waals surface area contributed by atoms with E-state index in [0.29, 0.717) is 16.4 Å². The van der Waals surface area contributed by atoms with Gasteiger partial charge >= 0.3 is 0 Å². The quantitative estimate of drug-likeness (QED) is 0.872. The van der Waals surface area contributed by atoms with E-state index < -0.39 is 10.0 Å². The lowest BCUT2D eigenvalue weighted by atomic mass is 10.2. The van der Waals surface area contributed by atoms with Gasteiger partial charge in [0.2, 0.25) is 16.8 Å². The van der Waals surface area contributed by atoms with Crippen LogP contribution in [0, 0.1) is 6.92 Å². The topological polar surface area (TPSA) is 64.6 Å². The van der Waals surface area contributed by atoms with Crippen LogP contribution in [0.25, 0.3) is 0 Å². The molecule has 1 aromatic carbocycles. The van der Waals surface area contributed by atoms with Gasteiger partial charge < -0.3 is 9.47 Å². The van der Waals surface area contributed by atoms with E-state index >= 15 is 0 Å². The number of rotatable bonds is 4. The maximum absolute atomic E-state index is 12.3. The summed E-state index contributed by atoms with van der Waals surface area (Å²) < 4.78 is 38.5. The van der Waals surface area contributed by atoms with Crippen molar-refractivity contribution < 1.29 is 17.9 Å². The Morgan fingerprint density at radius 2 is 2.05 bits per heavy atom. The normalized spacial score (nSPS) is 13.6. The highest BCUT2D eigenvalue weighted by Crippen LogP contribution is 2.33. The summed E-state index contributed by atoms with van der Waals surface area (Å²) in [4.78, 5) is 1.06. The summed E-state index contributed by atoms with van der Waals surface area (Å²) in [5, 5.41) is 0. The summed E-state index contributed by atoms with van der Waals surface area (Å²) in [6.07, 6.45) is 0. The standard InChI is InChI=1S/C13H12BrNO4S2/c1-8-12(5-13(14)20-8)21(16,17)15-6-9-2-3-10-11(4-9)19-7-18-10/h2-5,15H,6-7H2,1H3. The maximum atomic E-state index is 12.3. The van der Waals surface area contributed by atoms with Gasteiger partial charge in [-0.25, -0.2) is 13.1 Å². The van der Waals surface area contributed by atoms with E-state index in [1.54, 1.807) is 25.1 Å². The van der Waals surface area contributed by atoms with Crippen molar-refractivity contribution >= 4 is 37.3 Å². The second-order valence-corrected chi connectivity index (χ2v) is 8.85. The first-order valence-electron chi connectivity index (χ1n) is 6.10. The lowest BCUT2D eigenvalue weighted by molar-refractivity contribution is 0.174. The molecule has 0 bridgehead atoms. The summed E-state index contributed by atoms with van der Waals surface area (Å²) in [7, 11) is -3.52. The first kappa shape index (κ1) is 14.8. The molecule has 0 fully saturated rings. The van der Waals surface area contributed by atoms with E-state index in [1.165, 1.54) is 11.3 Å². The SMILES string of the molecule is Cc1sc(Br)cc1S(=O)(=O)NCc1ccc2c(c1)OCO2. The molecule has 1 aliphatic heterocycles. The van der Waals surface area contributed by atoms with Crippen molar-refractivity contribution in [2.45, 2.75) is 18.4 Å². The minimum Gasteiger partial charge on any atom is -0.454 e. The Hall–Kier alpha value is -1.09. The van der Waals surface area contributed by atoms with Crippen LogP contribution in [0.15, 0.2) is 32.9 Å². The van der Waals surface area contributed by atoms with E-state index in [2.05, 4.69) is 20.7 Å². The highest BCUT2D eigenvalue weighted by molar-refractivity contribution is 9.11. The van der Waals surface area contributed by atoms with Gasteiger partial charge in [0.05, 0.1) is 8.68 Å². The van der Waals surface area contributed by atoms with Gasteiger partial charge in [-0.1, -0.05) is 6.07 Å². The Morgan fingerprint density at radius 1 is 1.29 bits per heavy atom. The molecule has 1 aromatic heterocycles. The summed E-state index contributed by atoms with van der Waals surface area (Å²) in [6, 6.07) is 6.98. The molecule has 2 aromatic rings. The molecule has 0 radical (unpaired) electrons. The number of ether oxygens (including phenoxy) is 2. The van der Waals surface area contributed by atoms with E-state index in [4.69, 9.17) is 9.47 Å². The van der Waals surface area contributed by atoms with E-state index in [9.17, 15) is 8.42 Å². The van der Waals surface area contributed by atoms with Crippen molar-refractivity contribution in [1.29, 1.82) is 0 Å². The van der Waals surface area contributed by atoms with Gasteiger partial charge in [-0.3, -0.25) is 0 Å². The van der Waals surface area contributed by atoms with Crippen molar-refractivity contribution in [2.75, 3.05) is 6.79 Å². The Labute approximate surface area is 135 Å². The average molecular weight is 390 g/mol. The molecule has 1 N–H and O–H groups in total. The number of thiophene rings is 1. The Balaban J connectivity index is 1.76. The molecule has 0 saturated heterocycles. The fourth-order valence-corrected chi connectivity index (χ4v) is 5.43. The number of aryl methyl sites for hydroxylation is 1. The average Bonchev–Trinajstić information content (AvgIpc) is 3.02. The maximum Gasteiger partial charge on any atom is 0.242 e. The minimum absolute atomic E-state index is 0.200. The van der Waals surface area contributed by atoms with Crippen LogP contribution in [-0.4, -0.2) is 15.2 Å². The fourth-order valence-electron chi connectivity index (χ4n) is 2.00. The second kappa shape index (κ2) is 5.60. The molecule has 0 aliphatic carbocycles. The molecular formula is C13H12BrNO4S2. The van der Waals surface area contributed by atoms with Gasteiger partial charge in [0.15, 0.2) is 11.5 Å². The van der Waals surface area contributed by atoms with Crippen molar-refractivity contribution in [2.24, 2.45) is 0 Å². The summed E-state index contributed by atoms with van der Waals surface area (Å²) in [5.74, 6) is 1.32. The molecule has 3 rings (SSSR count). The van der Waals surface area contributed by atoms with E-state index in [-0.39, 0.29) is 13.3 Å². The van der Waals surface area contributed by atoms with Crippen molar-refractivity contribution in [3.05, 3.63) is 38.5 Å². The largest absolute Gasteiger partial charge is 0.454 e. The molecule has 0 amide bonds. The van der Waals surface area contributed by atoms with E-state index in [1.807, 2.05) is 6.07 Å². The zero-order chi connectivity index (χ0) is 15.0. The Morgan fingerprint density at radius 3 is 2.76 bits per heavy atom. The van der Waals surface area contributed by atoms with Crippen LogP contribution in [0.5, 0.6) is 11.5 Å². The first-order chi connectivity index (χ1) is 9.95. The van der Waals surface area contributed by atoms with Crippen molar-refractivity contribution in [1.82, 2.24) is 4.72 Å². The molecule has 8 heteroatoms. The number of benzene rings is 1. The van der Waals surface area contributed by atoms with Crippen molar-refractivity contribution in [3.63, 3.8) is 0 Å². The molecule has 0 saturated carbocycles. The first-order valence-corrected chi connectivity index (χ1v) is 9.19. The smallest absolute Gasteiger partial charge is 0.242 e. The number of sulfonamides is 1. The highest BCUT2D eigenvalue weighted by Gasteiger charge is 2.20. The Kier molecular flexibility index (Phi) is 3.96. The number of hydrogen-bond donors (Lipinski definition) is 1. The monoisotopic (exact) mass is 389 g/mol. The van der Waals surface area contributed by atoms with Crippen molar-refractivity contribution in [3.8, 4) is 11.5 Å². The number of halogens is 1. The van der Waals surface area contributed by atoms with Gasteiger partial charge in [0, 0.05) is 11.4 Å². The summed E-state index contributed by atoms with van der Waals surface area (Å²) >= 11 is 4.70. The lowest BCUT2D eigenvalue weighted by Crippen LogP contribution is -2.23. The molecule has 2 heterocycles. The third-order valence-corrected chi connectivity index (χ3v) is 6.25. The van der Waals surface area contributed by atoms with Crippen LogP contribution >= 0.6 is 27.3 Å². The van der Waals surface area contributed by atoms with Crippen LogP contribution in [0.1, 0.15) is 10.4 Å². The number of fused-ring (bicyclic) bond motifs is 1. The highest BCUT2D eigenvalue weighted by atomic mass is 79.9. The number of nitrogens with one attached hydrogen (secondary N) is 1. The van der Waals surface area contributed by atoms with Gasteiger partial charge in [-0.15, -0.1) is 11.3 Å². The van der Waals surface area contributed by atoms with Crippen LogP contribution < -0.4 is 14.2 Å². The molecule has 0 unspecified atom stereocenters. The second-order valence-electron chi connectivity index (χ2n) is 4.48. The van der Waals surface area contributed by atoms with E-state index in [0.717, 1.165) is 14.2 Å². The molecule has 5 nitrogen and oxygen atoms in total. The van der Waals surface area contributed by atoms with Gasteiger partial charge in [0.25, 0.3) is 0 Å². The van der Waals surface area contributed by atoms with Gasteiger partial charge in [-0.05, 0) is 46.6 Å². The van der Waals surface area contributed by atoms with Crippen LogP contribution in [0.3, 0.4) is 0 Å². The molecule has 112 valence electrons. The molecule has 0 atom stereocenters. The Bertz CT molecular complexity index is 785. The molecule has 21 heavy (non-hydrogen) atoms. The third-order valence-electron chi connectivity index (χ3n) is 3.03. The molecule has 0 spiro atoms. The molecular weight excluding hydrogens is 378 g/mol. The van der Waals surface area contributed by atoms with Crippen LogP contribution in [0.4, 0.5) is 0 Å². The summed E-state index contributed by atoms with van der Waals surface area (Å²) in [6.45, 7) is 2.18. The van der Waals surface area contributed by atoms with Gasteiger partial charge in [-0.2, -0.15) is 0 Å². The summed E-state index contributed by atoms with van der Waals surface area (Å²) in [5.41, 5.74) is 0.815. The van der Waals surface area contributed by atoms with Crippen LogP contribution in [-0.2, 0) is 16.6 Å². The van der Waals surface area contributed by atoms with Gasteiger partial charge in [0.1, 0.15) is 0 Å². The third kappa shape index (κ3) is 3.08. The zero-order valence-electron chi connectivity index (χ0n) is 11.1. The fraction of sp³-hybridized carbons (Fsp3) is 0.231. The zero-order valence-corrected chi connectivity index (χ0v) is 14.3. The predicted molar refractivity (Wildman–Crippen MR) is 83.3 cm³/mol. The predicted octanol–water partition coefficient (Wildman–Crippen LogP) is 3.03.